The van der Waals surface area contributed by atoms with E-state index in [2.05, 4.69) is 34.2 Å². The second-order valence-corrected chi connectivity index (χ2v) is 6.78. The molecule has 2 heterocycles. The molecule has 4 rings (SSSR count). The van der Waals surface area contributed by atoms with Crippen LogP contribution >= 0.6 is 0 Å². The maximum Gasteiger partial charge on any atom is 0.207 e. The molecule has 2 aliphatic rings. The van der Waals surface area contributed by atoms with Crippen molar-refractivity contribution in [3.05, 3.63) is 47.7 Å². The summed E-state index contributed by atoms with van der Waals surface area (Å²) in [6, 6.07) is 14.3. The summed E-state index contributed by atoms with van der Waals surface area (Å²) in [5.74, 6) is 1.68. The van der Waals surface area contributed by atoms with Gasteiger partial charge in [-0.2, -0.15) is 15.5 Å². The van der Waals surface area contributed by atoms with Gasteiger partial charge < -0.3 is 4.57 Å². The average Bonchev–Trinajstić information content (AvgIpc) is 3.13. The molecule has 0 saturated heterocycles. The van der Waals surface area contributed by atoms with Crippen molar-refractivity contribution in [2.24, 2.45) is 12.0 Å². The Balaban J connectivity index is 1.98. The van der Waals surface area contributed by atoms with Crippen LogP contribution in [-0.4, -0.2) is 10.4 Å². The van der Waals surface area contributed by atoms with E-state index in [4.69, 9.17) is 0 Å². The number of anilines is 2. The first-order chi connectivity index (χ1) is 12.2. The number of hydrogen-bond donors (Lipinski definition) is 0. The molecule has 0 N–H and O–H groups in total. The van der Waals surface area contributed by atoms with E-state index in [1.165, 1.54) is 12.0 Å². The normalized spacial score (nSPS) is 19.6. The largest absolute Gasteiger partial charge is 0.322 e. The molecular formula is C20H19N5. The third-order valence-corrected chi connectivity index (χ3v) is 5.60. The van der Waals surface area contributed by atoms with Crippen LogP contribution < -0.4 is 4.90 Å². The lowest BCUT2D eigenvalue weighted by Gasteiger charge is -2.35. The molecule has 25 heavy (non-hydrogen) atoms. The van der Waals surface area contributed by atoms with E-state index >= 15 is 0 Å². The summed E-state index contributed by atoms with van der Waals surface area (Å²) in [6.07, 6.45) is 7.56. The van der Waals surface area contributed by atoms with Gasteiger partial charge in [0.15, 0.2) is 0 Å². The molecule has 1 spiro atoms. The van der Waals surface area contributed by atoms with Gasteiger partial charge in [-0.3, -0.25) is 4.90 Å². The van der Waals surface area contributed by atoms with Crippen LogP contribution in [0.25, 0.3) is 0 Å². The van der Waals surface area contributed by atoms with Crippen LogP contribution in [-0.2, 0) is 12.5 Å². The van der Waals surface area contributed by atoms with Gasteiger partial charge in [-0.25, -0.2) is 0 Å². The summed E-state index contributed by atoms with van der Waals surface area (Å²) in [5.41, 5.74) is 2.72. The molecule has 2 aromatic rings. The van der Waals surface area contributed by atoms with Crippen LogP contribution in [0.4, 0.5) is 11.5 Å². The van der Waals surface area contributed by atoms with Gasteiger partial charge in [-0.15, -0.1) is 0 Å². The number of fused-ring (bicyclic) bond motifs is 2. The van der Waals surface area contributed by atoms with Gasteiger partial charge >= 0.3 is 0 Å². The molecule has 5 heteroatoms. The Morgan fingerprint density at radius 1 is 1.04 bits per heavy atom. The molecule has 0 unspecified atom stereocenters. The topological polar surface area (TPSA) is 68.1 Å². The highest BCUT2D eigenvalue weighted by Gasteiger charge is 2.50. The third-order valence-electron chi connectivity index (χ3n) is 5.60. The molecule has 0 bridgehead atoms. The first-order valence-electron chi connectivity index (χ1n) is 8.65. The fraction of sp³-hybridized carbons (Fsp3) is 0.350. The van der Waals surface area contributed by atoms with Crippen LogP contribution in [0.5, 0.6) is 0 Å². The highest BCUT2D eigenvalue weighted by atomic mass is 15.3. The van der Waals surface area contributed by atoms with Crippen LogP contribution in [0, 0.1) is 22.8 Å². The highest BCUT2D eigenvalue weighted by molar-refractivity contribution is 6.16. The molecule has 1 aromatic carbocycles. The summed E-state index contributed by atoms with van der Waals surface area (Å²) >= 11 is 0. The Kier molecular flexibility index (Phi) is 3.58. The fourth-order valence-corrected chi connectivity index (χ4v) is 4.44. The number of hydrogen-bond acceptors (Lipinski definition) is 3. The van der Waals surface area contributed by atoms with Crippen molar-refractivity contribution < 1.29 is 0 Å². The Morgan fingerprint density at radius 3 is 2.48 bits per heavy atom. The van der Waals surface area contributed by atoms with E-state index in [0.717, 1.165) is 43.0 Å². The van der Waals surface area contributed by atoms with Gasteiger partial charge in [0.05, 0.1) is 11.1 Å². The predicted octanol–water partition coefficient (Wildman–Crippen LogP) is 4.13. The molecule has 0 radical (unpaired) electrons. The quantitative estimate of drug-likeness (QED) is 0.739. The average molecular weight is 329 g/mol. The van der Waals surface area contributed by atoms with Crippen molar-refractivity contribution >= 4 is 17.3 Å². The summed E-state index contributed by atoms with van der Waals surface area (Å²) in [6.45, 7) is 0. The van der Waals surface area contributed by atoms with Gasteiger partial charge in [-0.05, 0) is 36.6 Å². The molecule has 124 valence electrons. The number of rotatable bonds is 1. The second kappa shape index (κ2) is 5.79. The number of nitrogens with zero attached hydrogens (tertiary/aromatic N) is 5. The van der Waals surface area contributed by atoms with Crippen LogP contribution in [0.2, 0.25) is 0 Å². The SMILES string of the molecule is Cn1c(C#N)ccc1N1C(=NC#N)C2(CCCCC2)c2ccccc21. The van der Waals surface area contributed by atoms with Crippen molar-refractivity contribution in [1.82, 2.24) is 4.57 Å². The zero-order valence-electron chi connectivity index (χ0n) is 14.2. The van der Waals surface area contributed by atoms with E-state index in [1.54, 1.807) is 0 Å². The van der Waals surface area contributed by atoms with E-state index < -0.39 is 0 Å². The maximum absolute atomic E-state index is 9.38. The van der Waals surface area contributed by atoms with Gasteiger partial charge in [-0.1, -0.05) is 37.5 Å². The Hall–Kier alpha value is -3.05. The zero-order valence-corrected chi connectivity index (χ0v) is 14.2. The van der Waals surface area contributed by atoms with Crippen LogP contribution in [0.3, 0.4) is 0 Å². The number of aliphatic imine (C=N–C) groups is 1. The van der Waals surface area contributed by atoms with Gasteiger partial charge in [0.1, 0.15) is 23.4 Å². The molecule has 1 fully saturated rings. The Bertz CT molecular complexity index is 932. The van der Waals surface area contributed by atoms with Crippen molar-refractivity contribution in [3.8, 4) is 12.3 Å². The summed E-state index contributed by atoms with van der Waals surface area (Å²) in [4.78, 5) is 6.38. The highest BCUT2D eigenvalue weighted by Crippen LogP contribution is 2.52. The lowest BCUT2D eigenvalue weighted by atomic mass is 9.70. The van der Waals surface area contributed by atoms with Crippen molar-refractivity contribution in [1.29, 1.82) is 10.5 Å². The van der Waals surface area contributed by atoms with E-state index in [1.807, 2.05) is 36.0 Å². The van der Waals surface area contributed by atoms with Crippen molar-refractivity contribution in [2.45, 2.75) is 37.5 Å². The minimum absolute atomic E-state index is 0.193. The molecule has 1 aromatic heterocycles. The first kappa shape index (κ1) is 15.5. The number of aromatic nitrogens is 1. The summed E-state index contributed by atoms with van der Waals surface area (Å²) in [7, 11) is 1.88. The smallest absolute Gasteiger partial charge is 0.207 e. The second-order valence-electron chi connectivity index (χ2n) is 6.78. The zero-order chi connectivity index (χ0) is 17.4. The lowest BCUT2D eigenvalue weighted by Crippen LogP contribution is -2.40. The number of para-hydroxylation sites is 1. The molecule has 1 aliphatic heterocycles. The van der Waals surface area contributed by atoms with E-state index in [9.17, 15) is 10.5 Å². The van der Waals surface area contributed by atoms with Crippen molar-refractivity contribution in [3.63, 3.8) is 0 Å². The van der Waals surface area contributed by atoms with Crippen LogP contribution in [0.15, 0.2) is 41.4 Å². The number of nitriles is 2. The van der Waals surface area contributed by atoms with E-state index in [-0.39, 0.29) is 5.41 Å². The lowest BCUT2D eigenvalue weighted by molar-refractivity contribution is 0.385. The first-order valence-corrected chi connectivity index (χ1v) is 8.65. The standard InChI is InChI=1S/C20H19N5/c1-24-15(13-21)9-10-18(24)25-17-8-4-3-7-16(17)20(19(25)23-14-22)11-5-2-6-12-20/h3-4,7-10H,2,5-6,11-12H2,1H3. The van der Waals surface area contributed by atoms with Gasteiger partial charge in [0, 0.05) is 7.05 Å². The molecular weight excluding hydrogens is 310 g/mol. The molecule has 1 saturated carbocycles. The third kappa shape index (κ3) is 2.09. The number of amidine groups is 1. The minimum Gasteiger partial charge on any atom is -0.322 e. The number of benzene rings is 1. The van der Waals surface area contributed by atoms with Crippen LogP contribution in [0.1, 0.15) is 43.4 Å². The fourth-order valence-electron chi connectivity index (χ4n) is 4.44. The summed E-state index contributed by atoms with van der Waals surface area (Å²) in [5, 5.41) is 18.7. The Morgan fingerprint density at radius 2 is 1.80 bits per heavy atom. The van der Waals surface area contributed by atoms with Gasteiger partial charge in [0.25, 0.3) is 0 Å². The van der Waals surface area contributed by atoms with Crippen molar-refractivity contribution in [2.75, 3.05) is 4.90 Å². The molecule has 5 nitrogen and oxygen atoms in total. The Labute approximate surface area is 147 Å². The molecule has 0 atom stereocenters. The molecule has 0 amide bonds. The van der Waals surface area contributed by atoms with E-state index in [0.29, 0.717) is 5.69 Å². The minimum atomic E-state index is -0.193. The summed E-state index contributed by atoms with van der Waals surface area (Å²) < 4.78 is 1.87. The van der Waals surface area contributed by atoms with Gasteiger partial charge in [0.2, 0.25) is 6.19 Å². The maximum atomic E-state index is 9.38. The monoisotopic (exact) mass is 329 g/mol. The predicted molar refractivity (Wildman–Crippen MR) is 96.5 cm³/mol. The molecule has 1 aliphatic carbocycles.